The minimum Gasteiger partial charge on any atom is -0.340 e. The molecule has 1 aromatic rings. The summed E-state index contributed by atoms with van der Waals surface area (Å²) in [5.41, 5.74) is 2.74. The smallest absolute Gasteiger partial charge is 0.325 e. The number of nitrogens with one attached hydrogen (secondary N) is 2. The number of urea groups is 1. The van der Waals surface area contributed by atoms with Gasteiger partial charge < -0.3 is 10.2 Å². The first-order chi connectivity index (χ1) is 12.3. The molecule has 1 heterocycles. The van der Waals surface area contributed by atoms with Gasteiger partial charge in [0, 0.05) is 37.8 Å². The molecule has 26 heavy (non-hydrogen) atoms. The van der Waals surface area contributed by atoms with E-state index in [4.69, 9.17) is 0 Å². The molecule has 1 saturated heterocycles. The van der Waals surface area contributed by atoms with E-state index in [9.17, 15) is 14.4 Å². The summed E-state index contributed by atoms with van der Waals surface area (Å²) in [5, 5.41) is 5.06. The second-order valence-electron chi connectivity index (χ2n) is 7.08. The topological polar surface area (TPSA) is 81.8 Å². The average Bonchev–Trinajstić information content (AvgIpc) is 2.57. The number of piperazine rings is 1. The Morgan fingerprint density at radius 3 is 2.31 bits per heavy atom. The molecule has 2 rings (SSSR count). The zero-order valence-corrected chi connectivity index (χ0v) is 16.0. The van der Waals surface area contributed by atoms with Crippen molar-refractivity contribution in [3.8, 4) is 0 Å². The molecule has 1 fully saturated rings. The third kappa shape index (κ3) is 5.56. The first-order valence-electron chi connectivity index (χ1n) is 8.95. The lowest BCUT2D eigenvalue weighted by Crippen LogP contribution is -2.52. The van der Waals surface area contributed by atoms with E-state index in [1.54, 1.807) is 0 Å². The van der Waals surface area contributed by atoms with Crippen molar-refractivity contribution in [2.24, 2.45) is 5.92 Å². The minimum atomic E-state index is -0.532. The van der Waals surface area contributed by atoms with Gasteiger partial charge in [0.1, 0.15) is 0 Å². The van der Waals surface area contributed by atoms with Gasteiger partial charge in [-0.3, -0.25) is 19.8 Å². The van der Waals surface area contributed by atoms with Crippen LogP contribution in [0.5, 0.6) is 0 Å². The first kappa shape index (κ1) is 19.9. The molecule has 7 heteroatoms. The summed E-state index contributed by atoms with van der Waals surface area (Å²) in [5.74, 6) is -0.225. The first-order valence-corrected chi connectivity index (χ1v) is 8.95. The van der Waals surface area contributed by atoms with Crippen molar-refractivity contribution in [2.75, 3.05) is 38.0 Å². The quantitative estimate of drug-likeness (QED) is 0.857. The molecule has 0 unspecified atom stereocenters. The van der Waals surface area contributed by atoms with Crippen LogP contribution in [0.2, 0.25) is 0 Å². The van der Waals surface area contributed by atoms with Crippen LogP contribution in [0.25, 0.3) is 0 Å². The van der Waals surface area contributed by atoms with Crippen LogP contribution in [0.4, 0.5) is 10.5 Å². The van der Waals surface area contributed by atoms with Crippen molar-refractivity contribution in [1.82, 2.24) is 15.1 Å². The van der Waals surface area contributed by atoms with Crippen LogP contribution in [-0.4, -0.2) is 60.4 Å². The van der Waals surface area contributed by atoms with Crippen molar-refractivity contribution >= 4 is 23.5 Å². The van der Waals surface area contributed by atoms with Crippen LogP contribution < -0.4 is 10.6 Å². The summed E-state index contributed by atoms with van der Waals surface area (Å²) < 4.78 is 0. The van der Waals surface area contributed by atoms with Gasteiger partial charge in [-0.2, -0.15) is 0 Å². The second kappa shape index (κ2) is 8.80. The number of amides is 4. The van der Waals surface area contributed by atoms with Crippen LogP contribution in [0.3, 0.4) is 0 Å². The Balaban J connectivity index is 1.77. The molecule has 0 bridgehead atoms. The Kier molecular flexibility index (Phi) is 6.74. The standard InChI is InChI=1S/C19H28N4O3/c1-13(2)18(25)23-9-7-22(8-10-23)12-17(24)21-19(26)20-16-6-5-14(3)11-15(16)4/h5-6,11,13H,7-10,12H2,1-4H3,(H2,20,21,24,26). The fourth-order valence-electron chi connectivity index (χ4n) is 2.97. The van der Waals surface area contributed by atoms with Gasteiger partial charge in [0.25, 0.3) is 0 Å². The lowest BCUT2D eigenvalue weighted by Gasteiger charge is -2.35. The fraction of sp³-hybridized carbons (Fsp3) is 0.526. The second-order valence-corrected chi connectivity index (χ2v) is 7.08. The molecule has 0 radical (unpaired) electrons. The monoisotopic (exact) mass is 360 g/mol. The highest BCUT2D eigenvalue weighted by atomic mass is 16.2. The van der Waals surface area contributed by atoms with Gasteiger partial charge in [0.2, 0.25) is 11.8 Å². The SMILES string of the molecule is Cc1ccc(NC(=O)NC(=O)CN2CCN(C(=O)C(C)C)CC2)c(C)c1. The number of rotatable bonds is 4. The van der Waals surface area contributed by atoms with Gasteiger partial charge in [0.15, 0.2) is 0 Å². The van der Waals surface area contributed by atoms with E-state index in [1.807, 2.05) is 55.7 Å². The van der Waals surface area contributed by atoms with Gasteiger partial charge in [0.05, 0.1) is 6.54 Å². The van der Waals surface area contributed by atoms with Crippen LogP contribution in [0, 0.1) is 19.8 Å². The summed E-state index contributed by atoms with van der Waals surface area (Å²) in [6.45, 7) is 10.3. The molecule has 0 aliphatic carbocycles. The lowest BCUT2D eigenvalue weighted by atomic mass is 10.1. The predicted molar refractivity (Wildman–Crippen MR) is 101 cm³/mol. The van der Waals surface area contributed by atoms with E-state index in [-0.39, 0.29) is 24.3 Å². The number of hydrogen-bond donors (Lipinski definition) is 2. The van der Waals surface area contributed by atoms with E-state index >= 15 is 0 Å². The van der Waals surface area contributed by atoms with E-state index in [0.717, 1.165) is 11.1 Å². The number of benzene rings is 1. The van der Waals surface area contributed by atoms with Crippen molar-refractivity contribution in [1.29, 1.82) is 0 Å². The molecule has 1 aromatic carbocycles. The fourth-order valence-corrected chi connectivity index (χ4v) is 2.97. The highest BCUT2D eigenvalue weighted by Gasteiger charge is 2.24. The molecule has 0 atom stereocenters. The van der Waals surface area contributed by atoms with Crippen molar-refractivity contribution in [3.05, 3.63) is 29.3 Å². The maximum absolute atomic E-state index is 12.1. The molecule has 0 saturated carbocycles. The third-order valence-electron chi connectivity index (χ3n) is 4.43. The van der Waals surface area contributed by atoms with Gasteiger partial charge in [-0.25, -0.2) is 4.79 Å². The Bertz CT molecular complexity index is 679. The molecule has 1 aliphatic rings. The van der Waals surface area contributed by atoms with Crippen molar-refractivity contribution in [2.45, 2.75) is 27.7 Å². The van der Waals surface area contributed by atoms with E-state index in [2.05, 4.69) is 10.6 Å². The number of imide groups is 1. The van der Waals surface area contributed by atoms with Gasteiger partial charge in [-0.1, -0.05) is 31.5 Å². The molecule has 142 valence electrons. The normalized spacial score (nSPS) is 15.0. The predicted octanol–water partition coefficient (Wildman–Crippen LogP) is 1.75. The van der Waals surface area contributed by atoms with Crippen LogP contribution in [0.1, 0.15) is 25.0 Å². The van der Waals surface area contributed by atoms with Gasteiger partial charge >= 0.3 is 6.03 Å². The molecule has 7 nitrogen and oxygen atoms in total. The number of carbonyl (C=O) groups is 3. The summed E-state index contributed by atoms with van der Waals surface area (Å²) in [6.07, 6.45) is 0. The largest absolute Gasteiger partial charge is 0.340 e. The van der Waals surface area contributed by atoms with Crippen molar-refractivity contribution in [3.63, 3.8) is 0 Å². The van der Waals surface area contributed by atoms with Crippen LogP contribution >= 0.6 is 0 Å². The Morgan fingerprint density at radius 2 is 1.73 bits per heavy atom. The van der Waals surface area contributed by atoms with Gasteiger partial charge in [-0.05, 0) is 25.5 Å². The third-order valence-corrected chi connectivity index (χ3v) is 4.43. The molecule has 0 aromatic heterocycles. The summed E-state index contributed by atoms with van der Waals surface area (Å²) >= 11 is 0. The molecule has 0 spiro atoms. The highest BCUT2D eigenvalue weighted by molar-refractivity contribution is 6.02. The van der Waals surface area contributed by atoms with E-state index < -0.39 is 6.03 Å². The van der Waals surface area contributed by atoms with Crippen molar-refractivity contribution < 1.29 is 14.4 Å². The maximum atomic E-state index is 12.1. The molecule has 2 N–H and O–H groups in total. The number of anilines is 1. The van der Waals surface area contributed by atoms with Crippen LogP contribution in [-0.2, 0) is 9.59 Å². The number of aryl methyl sites for hydroxylation is 2. The van der Waals surface area contributed by atoms with E-state index in [0.29, 0.717) is 31.9 Å². The molecule has 1 aliphatic heterocycles. The number of carbonyl (C=O) groups excluding carboxylic acids is 3. The summed E-state index contributed by atoms with van der Waals surface area (Å²) in [7, 11) is 0. The lowest BCUT2D eigenvalue weighted by molar-refractivity contribution is -0.136. The minimum absolute atomic E-state index is 0.0150. The maximum Gasteiger partial charge on any atom is 0.325 e. The Hall–Kier alpha value is -2.41. The van der Waals surface area contributed by atoms with Crippen LogP contribution in [0.15, 0.2) is 18.2 Å². The summed E-state index contributed by atoms with van der Waals surface area (Å²) in [4.78, 5) is 39.8. The summed E-state index contributed by atoms with van der Waals surface area (Å²) in [6, 6.07) is 5.16. The number of nitrogens with zero attached hydrogens (tertiary/aromatic N) is 2. The molecular formula is C19H28N4O3. The average molecular weight is 360 g/mol. The highest BCUT2D eigenvalue weighted by Crippen LogP contribution is 2.15. The molecule has 4 amide bonds. The zero-order chi connectivity index (χ0) is 19.3. The van der Waals surface area contributed by atoms with E-state index in [1.165, 1.54) is 0 Å². The number of hydrogen-bond acceptors (Lipinski definition) is 4. The zero-order valence-electron chi connectivity index (χ0n) is 16.0. The molecular weight excluding hydrogens is 332 g/mol. The Labute approximate surface area is 154 Å². The Morgan fingerprint density at radius 1 is 1.08 bits per heavy atom. The van der Waals surface area contributed by atoms with Gasteiger partial charge in [-0.15, -0.1) is 0 Å².